The molecular weight excluding hydrogens is 232 g/mol. The summed E-state index contributed by atoms with van der Waals surface area (Å²) >= 11 is 0. The van der Waals surface area contributed by atoms with E-state index in [9.17, 15) is 4.79 Å². The van der Waals surface area contributed by atoms with Crippen molar-refractivity contribution in [2.24, 2.45) is 7.05 Å². The minimum absolute atomic E-state index is 0.155. The lowest BCUT2D eigenvalue weighted by molar-refractivity contribution is -0.128. The average Bonchev–Trinajstić information content (AvgIpc) is 2.88. The summed E-state index contributed by atoms with van der Waals surface area (Å²) in [5, 5.41) is 4.84. The molecule has 18 heavy (non-hydrogen) atoms. The van der Waals surface area contributed by atoms with Crippen LogP contribution in [0, 0.1) is 0 Å². The van der Waals surface area contributed by atoms with Crippen LogP contribution in [0.3, 0.4) is 0 Å². The molecule has 0 radical (unpaired) electrons. The molecule has 1 saturated heterocycles. The molecule has 2 N–H and O–H groups in total. The van der Waals surface area contributed by atoms with Crippen molar-refractivity contribution >= 4 is 22.8 Å². The number of nitrogen functional groups attached to an aromatic ring is 1. The first-order valence-electron chi connectivity index (χ1n) is 5.87. The van der Waals surface area contributed by atoms with E-state index in [4.69, 9.17) is 5.73 Å². The number of anilines is 1. The van der Waals surface area contributed by atoms with Crippen molar-refractivity contribution in [3.05, 3.63) is 12.0 Å². The molecule has 7 nitrogen and oxygen atoms in total. The Kier molecular flexibility index (Phi) is 2.39. The zero-order valence-corrected chi connectivity index (χ0v) is 10.1. The second-order valence-electron chi connectivity index (χ2n) is 4.45. The molecule has 0 bridgehead atoms. The molecule has 2 aromatic heterocycles. The number of nitrogens with zero attached hydrogens (tertiary/aromatic N) is 5. The summed E-state index contributed by atoms with van der Waals surface area (Å²) in [6, 6.07) is 0. The Bertz CT molecular complexity index is 619. The number of rotatable bonds is 2. The number of nitrogens with two attached hydrogens (primary N) is 1. The lowest BCUT2D eigenvalue weighted by atomic mass is 10.4. The van der Waals surface area contributed by atoms with E-state index in [0.29, 0.717) is 30.3 Å². The molecule has 7 heteroatoms. The van der Waals surface area contributed by atoms with Crippen LogP contribution in [-0.2, 0) is 18.4 Å². The van der Waals surface area contributed by atoms with E-state index < -0.39 is 0 Å². The Morgan fingerprint density at radius 2 is 2.28 bits per heavy atom. The van der Waals surface area contributed by atoms with Gasteiger partial charge in [-0.2, -0.15) is 5.10 Å². The third-order valence-electron chi connectivity index (χ3n) is 3.17. The second kappa shape index (κ2) is 3.94. The van der Waals surface area contributed by atoms with Crippen LogP contribution in [0.4, 0.5) is 5.82 Å². The van der Waals surface area contributed by atoms with Crippen molar-refractivity contribution < 1.29 is 4.79 Å². The molecule has 0 spiro atoms. The third-order valence-corrected chi connectivity index (χ3v) is 3.17. The minimum Gasteiger partial charge on any atom is -0.383 e. The zero-order chi connectivity index (χ0) is 12.7. The van der Waals surface area contributed by atoms with Crippen molar-refractivity contribution in [1.29, 1.82) is 0 Å². The highest BCUT2D eigenvalue weighted by molar-refractivity contribution is 5.85. The highest BCUT2D eigenvalue weighted by Gasteiger charge is 2.21. The van der Waals surface area contributed by atoms with Gasteiger partial charge in [-0.15, -0.1) is 0 Å². The quantitative estimate of drug-likeness (QED) is 0.809. The molecule has 1 aliphatic heterocycles. The van der Waals surface area contributed by atoms with E-state index in [-0.39, 0.29) is 5.91 Å². The highest BCUT2D eigenvalue weighted by Crippen LogP contribution is 2.18. The van der Waals surface area contributed by atoms with Crippen LogP contribution in [0.2, 0.25) is 0 Å². The minimum atomic E-state index is 0.155. The lowest BCUT2D eigenvalue weighted by Gasteiger charge is -2.14. The number of hydrogen-bond acceptors (Lipinski definition) is 5. The molecule has 1 aliphatic rings. The summed E-state index contributed by atoms with van der Waals surface area (Å²) in [5.74, 6) is 1.14. The Hall–Kier alpha value is -2.18. The summed E-state index contributed by atoms with van der Waals surface area (Å²) < 4.78 is 1.66. The molecule has 1 amide bonds. The first kappa shape index (κ1) is 10.9. The summed E-state index contributed by atoms with van der Waals surface area (Å²) in [7, 11) is 1.81. The molecule has 3 rings (SSSR count). The van der Waals surface area contributed by atoms with Gasteiger partial charge in [0.15, 0.2) is 11.5 Å². The maximum atomic E-state index is 11.6. The van der Waals surface area contributed by atoms with Gasteiger partial charge >= 0.3 is 0 Å². The normalized spacial score (nSPS) is 15.8. The average molecular weight is 246 g/mol. The molecule has 0 aliphatic carbocycles. The third kappa shape index (κ3) is 1.68. The number of likely N-dealkylation sites (tertiary alicyclic amines) is 1. The number of amides is 1. The van der Waals surface area contributed by atoms with Crippen LogP contribution in [0.25, 0.3) is 11.0 Å². The fourth-order valence-corrected chi connectivity index (χ4v) is 2.20. The molecule has 0 unspecified atom stereocenters. The van der Waals surface area contributed by atoms with Crippen LogP contribution in [-0.4, -0.2) is 37.1 Å². The van der Waals surface area contributed by atoms with E-state index in [0.717, 1.165) is 18.4 Å². The first-order chi connectivity index (χ1) is 8.65. The Balaban J connectivity index is 1.97. The molecular formula is C11H14N6O. The molecule has 0 saturated carbocycles. The predicted octanol–water partition coefficient (Wildman–Crippen LogP) is 0.0679. The van der Waals surface area contributed by atoms with E-state index in [1.54, 1.807) is 22.8 Å². The van der Waals surface area contributed by atoms with Crippen LogP contribution in [0.15, 0.2) is 6.20 Å². The Morgan fingerprint density at radius 1 is 1.44 bits per heavy atom. The van der Waals surface area contributed by atoms with Crippen molar-refractivity contribution in [3.63, 3.8) is 0 Å². The van der Waals surface area contributed by atoms with E-state index >= 15 is 0 Å². The largest absolute Gasteiger partial charge is 0.383 e. The maximum Gasteiger partial charge on any atom is 0.223 e. The van der Waals surface area contributed by atoms with Crippen molar-refractivity contribution in [3.8, 4) is 0 Å². The number of carbonyl (C=O) groups excluding carboxylic acids is 1. The molecule has 94 valence electrons. The molecule has 3 heterocycles. The number of aromatic nitrogens is 4. The first-order valence-corrected chi connectivity index (χ1v) is 5.87. The number of aryl methyl sites for hydroxylation is 1. The monoisotopic (exact) mass is 246 g/mol. The van der Waals surface area contributed by atoms with Gasteiger partial charge in [-0.3, -0.25) is 9.48 Å². The van der Waals surface area contributed by atoms with Gasteiger partial charge in [0.2, 0.25) is 5.91 Å². The topological polar surface area (TPSA) is 89.9 Å². The highest BCUT2D eigenvalue weighted by atomic mass is 16.2. The van der Waals surface area contributed by atoms with E-state index in [1.165, 1.54) is 0 Å². The lowest BCUT2D eigenvalue weighted by Crippen LogP contribution is -2.25. The van der Waals surface area contributed by atoms with Crippen molar-refractivity contribution in [1.82, 2.24) is 24.6 Å². The smallest absolute Gasteiger partial charge is 0.223 e. The second-order valence-corrected chi connectivity index (χ2v) is 4.45. The van der Waals surface area contributed by atoms with Crippen LogP contribution >= 0.6 is 0 Å². The Morgan fingerprint density at radius 3 is 3.00 bits per heavy atom. The summed E-state index contributed by atoms with van der Waals surface area (Å²) in [5.41, 5.74) is 6.57. The van der Waals surface area contributed by atoms with Gasteiger partial charge in [-0.05, 0) is 6.42 Å². The standard InChI is InChI=1S/C11H14N6O/c1-16-11-7(5-13-16)10(12)14-8(15-11)6-17-4-2-3-9(17)18/h5H,2-4,6H2,1H3,(H2,12,14,15). The number of hydrogen-bond donors (Lipinski definition) is 1. The van der Waals surface area contributed by atoms with Gasteiger partial charge in [0.1, 0.15) is 5.82 Å². The van der Waals surface area contributed by atoms with Crippen LogP contribution in [0.5, 0.6) is 0 Å². The van der Waals surface area contributed by atoms with Gasteiger partial charge in [0.25, 0.3) is 0 Å². The van der Waals surface area contributed by atoms with Crippen molar-refractivity contribution in [2.45, 2.75) is 19.4 Å². The number of fused-ring (bicyclic) bond motifs is 1. The molecule has 0 atom stereocenters. The van der Waals surface area contributed by atoms with E-state index in [1.807, 2.05) is 0 Å². The maximum absolute atomic E-state index is 11.6. The summed E-state index contributed by atoms with van der Waals surface area (Å²) in [4.78, 5) is 22.0. The molecule has 1 fully saturated rings. The van der Waals surface area contributed by atoms with Gasteiger partial charge in [-0.1, -0.05) is 0 Å². The van der Waals surface area contributed by atoms with Gasteiger partial charge in [-0.25, -0.2) is 9.97 Å². The SMILES string of the molecule is Cn1ncc2c(N)nc(CN3CCCC3=O)nc21. The fourth-order valence-electron chi connectivity index (χ4n) is 2.20. The van der Waals surface area contributed by atoms with Crippen LogP contribution in [0.1, 0.15) is 18.7 Å². The number of carbonyl (C=O) groups is 1. The van der Waals surface area contributed by atoms with E-state index in [2.05, 4.69) is 15.1 Å². The van der Waals surface area contributed by atoms with Gasteiger partial charge in [0, 0.05) is 20.0 Å². The predicted molar refractivity (Wildman–Crippen MR) is 65.4 cm³/mol. The molecule has 2 aromatic rings. The summed E-state index contributed by atoms with van der Waals surface area (Å²) in [6.45, 7) is 1.19. The van der Waals surface area contributed by atoms with Crippen molar-refractivity contribution in [2.75, 3.05) is 12.3 Å². The zero-order valence-electron chi connectivity index (χ0n) is 10.1. The molecule has 0 aromatic carbocycles. The Labute approximate surface area is 104 Å². The van der Waals surface area contributed by atoms with Gasteiger partial charge < -0.3 is 10.6 Å². The summed E-state index contributed by atoms with van der Waals surface area (Å²) in [6.07, 6.45) is 3.17. The fraction of sp³-hybridized carbons (Fsp3) is 0.455. The van der Waals surface area contributed by atoms with Crippen LogP contribution < -0.4 is 5.73 Å². The van der Waals surface area contributed by atoms with Gasteiger partial charge in [0.05, 0.1) is 18.1 Å².